The van der Waals surface area contributed by atoms with Crippen molar-refractivity contribution in [3.8, 4) is 5.75 Å². The first-order valence-electron chi connectivity index (χ1n) is 10.0. The monoisotopic (exact) mass is 436 g/mol. The molecule has 160 valence electrons. The number of aryl methyl sites for hydroxylation is 1. The molecule has 1 unspecified atom stereocenters. The average Bonchev–Trinajstić information content (AvgIpc) is 3.22. The van der Waals surface area contributed by atoms with Crippen LogP contribution in [0, 0.1) is 0 Å². The Hall–Kier alpha value is -3.32. The number of nitrogens with one attached hydrogen (secondary N) is 1. The molecule has 3 aromatic rings. The van der Waals surface area contributed by atoms with Crippen molar-refractivity contribution in [1.82, 2.24) is 4.90 Å². The van der Waals surface area contributed by atoms with Gasteiger partial charge in [0.05, 0.1) is 18.0 Å². The molecule has 0 spiro atoms. The fourth-order valence-electron chi connectivity index (χ4n) is 3.95. The van der Waals surface area contributed by atoms with Crippen LogP contribution >= 0.6 is 0 Å². The number of amides is 1. The van der Waals surface area contributed by atoms with E-state index in [9.17, 15) is 13.2 Å². The normalized spacial score (nSPS) is 15.2. The Kier molecular flexibility index (Phi) is 5.69. The van der Waals surface area contributed by atoms with E-state index in [1.165, 1.54) is 17.7 Å². The molecule has 3 aromatic carbocycles. The van der Waals surface area contributed by atoms with Gasteiger partial charge < -0.3 is 9.64 Å². The van der Waals surface area contributed by atoms with Crippen molar-refractivity contribution < 1.29 is 17.9 Å². The molecule has 7 heteroatoms. The first-order valence-corrected chi connectivity index (χ1v) is 11.5. The van der Waals surface area contributed by atoms with Crippen LogP contribution in [0.1, 0.15) is 33.9 Å². The maximum atomic E-state index is 13.1. The van der Waals surface area contributed by atoms with E-state index in [2.05, 4.69) is 16.9 Å². The largest absolute Gasteiger partial charge is 0.497 e. The molecule has 0 aliphatic heterocycles. The van der Waals surface area contributed by atoms with Crippen molar-refractivity contribution in [2.75, 3.05) is 18.9 Å². The molecule has 0 radical (unpaired) electrons. The molecule has 0 bridgehead atoms. The fourth-order valence-corrected chi connectivity index (χ4v) is 5.06. The van der Waals surface area contributed by atoms with Gasteiger partial charge in [0.15, 0.2) is 0 Å². The van der Waals surface area contributed by atoms with Gasteiger partial charge in [-0.15, -0.1) is 0 Å². The summed E-state index contributed by atoms with van der Waals surface area (Å²) in [6, 6.07) is 20.8. The Morgan fingerprint density at radius 3 is 2.52 bits per heavy atom. The molecule has 0 aromatic heterocycles. The van der Waals surface area contributed by atoms with Crippen LogP contribution in [-0.4, -0.2) is 33.4 Å². The predicted octanol–water partition coefficient (Wildman–Crippen LogP) is 4.26. The second-order valence-corrected chi connectivity index (χ2v) is 9.21. The van der Waals surface area contributed by atoms with Crippen molar-refractivity contribution in [2.24, 2.45) is 0 Å². The molecule has 1 amide bonds. The molecule has 0 heterocycles. The summed E-state index contributed by atoms with van der Waals surface area (Å²) in [7, 11) is -0.530. The molecule has 1 aliphatic rings. The third-order valence-corrected chi connectivity index (χ3v) is 7.00. The number of benzene rings is 3. The standard InChI is InChI=1S/C24H24N2O4S/c1-26(23-15-10-17-6-3-4-9-22(17)23)24(27)18-7-5-8-21(16-18)31(28,29)25-19-11-13-20(30-2)14-12-19/h3-9,11-14,16,23,25H,10,15H2,1-2H3. The Morgan fingerprint density at radius 1 is 1.03 bits per heavy atom. The lowest BCUT2D eigenvalue weighted by Gasteiger charge is -2.25. The highest BCUT2D eigenvalue weighted by Gasteiger charge is 2.29. The topological polar surface area (TPSA) is 75.7 Å². The van der Waals surface area contributed by atoms with Gasteiger partial charge in [-0.1, -0.05) is 30.3 Å². The van der Waals surface area contributed by atoms with Gasteiger partial charge in [-0.3, -0.25) is 9.52 Å². The van der Waals surface area contributed by atoms with Crippen LogP contribution in [0.5, 0.6) is 5.75 Å². The van der Waals surface area contributed by atoms with E-state index in [1.807, 2.05) is 12.1 Å². The van der Waals surface area contributed by atoms with Crippen molar-refractivity contribution >= 4 is 21.6 Å². The average molecular weight is 437 g/mol. The second-order valence-electron chi connectivity index (χ2n) is 7.53. The quantitative estimate of drug-likeness (QED) is 0.627. The lowest BCUT2D eigenvalue weighted by atomic mass is 10.1. The Labute approximate surface area is 182 Å². The summed E-state index contributed by atoms with van der Waals surface area (Å²) < 4.78 is 33.3. The van der Waals surface area contributed by atoms with Gasteiger partial charge in [-0.25, -0.2) is 8.42 Å². The molecule has 6 nitrogen and oxygen atoms in total. The first kappa shape index (κ1) is 20.9. The van der Waals surface area contributed by atoms with Gasteiger partial charge in [-0.2, -0.15) is 0 Å². The summed E-state index contributed by atoms with van der Waals surface area (Å²) in [4.78, 5) is 14.9. The molecule has 0 saturated heterocycles. The number of fused-ring (bicyclic) bond motifs is 1. The van der Waals surface area contributed by atoms with Gasteiger partial charge in [0.2, 0.25) is 0 Å². The Balaban J connectivity index is 1.55. The summed E-state index contributed by atoms with van der Waals surface area (Å²) in [6.45, 7) is 0. The minimum Gasteiger partial charge on any atom is -0.497 e. The summed E-state index contributed by atoms with van der Waals surface area (Å²) in [6.07, 6.45) is 1.79. The predicted molar refractivity (Wildman–Crippen MR) is 120 cm³/mol. The number of rotatable bonds is 6. The molecule has 1 aliphatic carbocycles. The highest BCUT2D eigenvalue weighted by Crippen LogP contribution is 2.35. The van der Waals surface area contributed by atoms with Crippen LogP contribution < -0.4 is 9.46 Å². The second kappa shape index (κ2) is 8.43. The third-order valence-electron chi connectivity index (χ3n) is 5.62. The number of nitrogens with zero attached hydrogens (tertiary/aromatic N) is 1. The van der Waals surface area contributed by atoms with E-state index in [0.717, 1.165) is 18.4 Å². The number of carbonyl (C=O) groups is 1. The zero-order valence-electron chi connectivity index (χ0n) is 17.4. The van der Waals surface area contributed by atoms with E-state index in [1.54, 1.807) is 55.5 Å². The first-order chi connectivity index (χ1) is 14.9. The molecule has 4 rings (SSSR count). The number of ether oxygens (including phenoxy) is 1. The van der Waals surface area contributed by atoms with E-state index in [0.29, 0.717) is 17.0 Å². The molecule has 0 saturated carbocycles. The third kappa shape index (κ3) is 4.27. The van der Waals surface area contributed by atoms with E-state index < -0.39 is 10.0 Å². The van der Waals surface area contributed by atoms with Gasteiger partial charge in [0.1, 0.15) is 5.75 Å². The van der Waals surface area contributed by atoms with Gasteiger partial charge in [0.25, 0.3) is 15.9 Å². The molecular weight excluding hydrogens is 412 g/mol. The van der Waals surface area contributed by atoms with Crippen LogP contribution in [0.2, 0.25) is 0 Å². The smallest absolute Gasteiger partial charge is 0.261 e. The zero-order valence-corrected chi connectivity index (χ0v) is 18.2. The number of anilines is 1. The van der Waals surface area contributed by atoms with E-state index in [4.69, 9.17) is 4.74 Å². The van der Waals surface area contributed by atoms with Crippen LogP contribution in [0.3, 0.4) is 0 Å². The number of hydrogen-bond donors (Lipinski definition) is 1. The number of sulfonamides is 1. The lowest BCUT2D eigenvalue weighted by Crippen LogP contribution is -2.30. The van der Waals surface area contributed by atoms with Crippen molar-refractivity contribution in [1.29, 1.82) is 0 Å². The highest BCUT2D eigenvalue weighted by molar-refractivity contribution is 7.92. The van der Waals surface area contributed by atoms with Crippen LogP contribution in [0.4, 0.5) is 5.69 Å². The lowest BCUT2D eigenvalue weighted by molar-refractivity contribution is 0.0730. The van der Waals surface area contributed by atoms with Crippen molar-refractivity contribution in [3.05, 3.63) is 89.5 Å². The minimum absolute atomic E-state index is 0.0126. The summed E-state index contributed by atoms with van der Waals surface area (Å²) in [5.41, 5.74) is 3.16. The number of hydrogen-bond acceptors (Lipinski definition) is 4. The van der Waals surface area contributed by atoms with Gasteiger partial charge in [0, 0.05) is 18.3 Å². The van der Waals surface area contributed by atoms with Crippen molar-refractivity contribution in [2.45, 2.75) is 23.8 Å². The molecular formula is C24H24N2O4S. The SMILES string of the molecule is COc1ccc(NS(=O)(=O)c2cccc(C(=O)N(C)C3CCc4ccccc43)c2)cc1. The Morgan fingerprint density at radius 2 is 1.77 bits per heavy atom. The molecule has 0 fully saturated rings. The van der Waals surface area contributed by atoms with E-state index >= 15 is 0 Å². The van der Waals surface area contributed by atoms with Crippen LogP contribution in [-0.2, 0) is 16.4 Å². The summed E-state index contributed by atoms with van der Waals surface area (Å²) >= 11 is 0. The maximum absolute atomic E-state index is 13.1. The van der Waals surface area contributed by atoms with Crippen molar-refractivity contribution in [3.63, 3.8) is 0 Å². The van der Waals surface area contributed by atoms with Crippen LogP contribution in [0.15, 0.2) is 77.7 Å². The fraction of sp³-hybridized carbons (Fsp3) is 0.208. The molecule has 1 N–H and O–H groups in total. The minimum atomic E-state index is -3.84. The number of methoxy groups -OCH3 is 1. The molecule has 31 heavy (non-hydrogen) atoms. The van der Waals surface area contributed by atoms with E-state index in [-0.39, 0.29) is 16.8 Å². The maximum Gasteiger partial charge on any atom is 0.261 e. The van der Waals surface area contributed by atoms with Gasteiger partial charge >= 0.3 is 0 Å². The molecule has 1 atom stereocenters. The summed E-state index contributed by atoms with van der Waals surface area (Å²) in [5, 5.41) is 0. The Bertz CT molecular complexity index is 1210. The highest BCUT2D eigenvalue weighted by atomic mass is 32.2. The van der Waals surface area contributed by atoms with Crippen LogP contribution in [0.25, 0.3) is 0 Å². The number of carbonyl (C=O) groups excluding carboxylic acids is 1. The van der Waals surface area contributed by atoms with Gasteiger partial charge in [-0.05, 0) is 66.4 Å². The summed E-state index contributed by atoms with van der Waals surface area (Å²) in [5.74, 6) is 0.426. The zero-order chi connectivity index (χ0) is 22.0.